The maximum atomic E-state index is 14.4. The number of pyridine rings is 2. The summed E-state index contributed by atoms with van der Waals surface area (Å²) in [4.78, 5) is 31.0. The molecular formula is C21H15F4N3O4. The topological polar surface area (TPSA) is 101 Å². The first kappa shape index (κ1) is 22.7. The van der Waals surface area contributed by atoms with E-state index in [4.69, 9.17) is 9.84 Å². The summed E-state index contributed by atoms with van der Waals surface area (Å²) in [7, 11) is 0. The number of aliphatic carboxylic acids is 1. The Morgan fingerprint density at radius 3 is 2.34 bits per heavy atom. The number of benzene rings is 1. The van der Waals surface area contributed by atoms with E-state index in [0.717, 1.165) is 36.5 Å². The average molecular weight is 449 g/mol. The number of aromatic nitrogens is 2. The minimum Gasteiger partial charge on any atom is -0.480 e. The van der Waals surface area contributed by atoms with Gasteiger partial charge in [-0.15, -0.1) is 0 Å². The van der Waals surface area contributed by atoms with Gasteiger partial charge in [0.1, 0.15) is 23.0 Å². The summed E-state index contributed by atoms with van der Waals surface area (Å²) in [6, 6.07) is 7.71. The zero-order valence-corrected chi connectivity index (χ0v) is 16.1. The molecule has 0 aliphatic heterocycles. The summed E-state index contributed by atoms with van der Waals surface area (Å²) < 4.78 is 57.9. The highest BCUT2D eigenvalue weighted by atomic mass is 19.4. The Hall–Kier alpha value is -4.02. The van der Waals surface area contributed by atoms with Crippen molar-refractivity contribution in [3.8, 4) is 5.75 Å². The molecule has 0 fully saturated rings. The molecule has 1 amide bonds. The molecule has 1 aromatic carbocycles. The van der Waals surface area contributed by atoms with E-state index in [1.807, 2.05) is 0 Å². The van der Waals surface area contributed by atoms with Crippen molar-refractivity contribution in [2.45, 2.75) is 12.2 Å². The number of carbonyl (C=O) groups excluding carboxylic acids is 1. The van der Waals surface area contributed by atoms with E-state index in [-0.39, 0.29) is 22.7 Å². The Morgan fingerprint density at radius 1 is 1.06 bits per heavy atom. The molecule has 2 aromatic heterocycles. The Bertz CT molecular complexity index is 1100. The number of carbonyl (C=O) groups is 2. The maximum absolute atomic E-state index is 14.4. The molecule has 0 unspecified atom stereocenters. The van der Waals surface area contributed by atoms with Gasteiger partial charge in [0.15, 0.2) is 6.61 Å². The van der Waals surface area contributed by atoms with Gasteiger partial charge in [-0.25, -0.2) is 14.2 Å². The number of nitrogens with one attached hydrogen (secondary N) is 1. The summed E-state index contributed by atoms with van der Waals surface area (Å²) >= 11 is 0. The lowest BCUT2D eigenvalue weighted by Crippen LogP contribution is -2.31. The van der Waals surface area contributed by atoms with E-state index < -0.39 is 42.1 Å². The van der Waals surface area contributed by atoms with Crippen molar-refractivity contribution in [3.05, 3.63) is 89.3 Å². The number of hydrogen-bond donors (Lipinski definition) is 2. The molecule has 0 radical (unpaired) electrons. The molecule has 7 nitrogen and oxygen atoms in total. The molecule has 0 aliphatic carbocycles. The van der Waals surface area contributed by atoms with Gasteiger partial charge in [0.05, 0.1) is 17.8 Å². The number of rotatable bonds is 7. The Balaban J connectivity index is 1.87. The van der Waals surface area contributed by atoms with Gasteiger partial charge in [0.2, 0.25) is 0 Å². The zero-order chi connectivity index (χ0) is 23.3. The van der Waals surface area contributed by atoms with E-state index in [9.17, 15) is 27.2 Å². The molecule has 3 aromatic rings. The van der Waals surface area contributed by atoms with E-state index in [1.54, 1.807) is 0 Å². The molecule has 0 aliphatic rings. The Labute approximate surface area is 178 Å². The normalized spacial score (nSPS) is 12.1. The average Bonchev–Trinajstić information content (AvgIpc) is 2.76. The van der Waals surface area contributed by atoms with Crippen molar-refractivity contribution in [2.24, 2.45) is 0 Å². The van der Waals surface area contributed by atoms with Gasteiger partial charge in [0.25, 0.3) is 5.91 Å². The number of amides is 1. The molecule has 0 spiro atoms. The standard InChI is InChI=1S/C21H15F4N3O4/c22-15-2-1-9-26-19(15)18(12-3-5-13(6-4-12)21(23,24)25)28-20(31)16-8-7-14(10-27-16)32-11-17(29)30/h1-10,18H,11H2,(H,28,31)(H,29,30)/t18-/m0/s1. The van der Waals surface area contributed by atoms with Crippen molar-refractivity contribution in [2.75, 3.05) is 6.61 Å². The van der Waals surface area contributed by atoms with Gasteiger partial charge in [-0.1, -0.05) is 12.1 Å². The van der Waals surface area contributed by atoms with Crippen LogP contribution in [0.3, 0.4) is 0 Å². The number of hydrogen-bond acceptors (Lipinski definition) is 5. The van der Waals surface area contributed by atoms with Crippen LogP contribution in [0.5, 0.6) is 5.75 Å². The number of alkyl halides is 3. The monoisotopic (exact) mass is 449 g/mol. The van der Waals surface area contributed by atoms with Crippen LogP contribution >= 0.6 is 0 Å². The molecule has 0 saturated carbocycles. The number of carboxylic acid groups (broad SMARTS) is 1. The molecule has 3 rings (SSSR count). The molecule has 0 bridgehead atoms. The lowest BCUT2D eigenvalue weighted by atomic mass is 10.0. The smallest absolute Gasteiger partial charge is 0.416 e. The first-order valence-electron chi connectivity index (χ1n) is 9.04. The van der Waals surface area contributed by atoms with Crippen LogP contribution in [0.15, 0.2) is 60.9 Å². The van der Waals surface area contributed by atoms with E-state index in [0.29, 0.717) is 0 Å². The molecule has 11 heteroatoms. The third-order valence-corrected chi connectivity index (χ3v) is 4.24. The minimum absolute atomic E-state index is 0.110. The van der Waals surface area contributed by atoms with Crippen molar-refractivity contribution in [3.63, 3.8) is 0 Å². The highest BCUT2D eigenvalue weighted by Crippen LogP contribution is 2.31. The second kappa shape index (κ2) is 9.41. The third-order valence-electron chi connectivity index (χ3n) is 4.24. The molecule has 2 heterocycles. The van der Waals surface area contributed by atoms with Crippen LogP contribution in [0.4, 0.5) is 17.6 Å². The lowest BCUT2D eigenvalue weighted by molar-refractivity contribution is -0.139. The second-order valence-electron chi connectivity index (χ2n) is 6.46. The van der Waals surface area contributed by atoms with E-state index in [1.165, 1.54) is 24.4 Å². The molecule has 0 saturated heterocycles. The highest BCUT2D eigenvalue weighted by molar-refractivity contribution is 5.92. The predicted molar refractivity (Wildman–Crippen MR) is 102 cm³/mol. The fourth-order valence-electron chi connectivity index (χ4n) is 2.73. The number of nitrogens with zero attached hydrogens (tertiary/aromatic N) is 2. The van der Waals surface area contributed by atoms with Crippen LogP contribution in [-0.4, -0.2) is 33.6 Å². The van der Waals surface area contributed by atoms with Gasteiger partial charge >= 0.3 is 12.1 Å². The summed E-state index contributed by atoms with van der Waals surface area (Å²) in [6.07, 6.45) is -2.14. The maximum Gasteiger partial charge on any atom is 0.416 e. The summed E-state index contributed by atoms with van der Waals surface area (Å²) in [5.74, 6) is -2.60. The van der Waals surface area contributed by atoms with Crippen molar-refractivity contribution < 1.29 is 37.0 Å². The first-order chi connectivity index (χ1) is 15.1. The molecule has 166 valence electrons. The van der Waals surface area contributed by atoms with Crippen molar-refractivity contribution >= 4 is 11.9 Å². The summed E-state index contributed by atoms with van der Waals surface area (Å²) in [5, 5.41) is 11.1. The fraction of sp³-hybridized carbons (Fsp3) is 0.143. The largest absolute Gasteiger partial charge is 0.480 e. The van der Waals surface area contributed by atoms with Crippen LogP contribution in [0.1, 0.15) is 33.4 Å². The van der Waals surface area contributed by atoms with Gasteiger partial charge < -0.3 is 15.2 Å². The first-order valence-corrected chi connectivity index (χ1v) is 9.04. The van der Waals surface area contributed by atoms with Crippen molar-refractivity contribution in [1.29, 1.82) is 0 Å². The van der Waals surface area contributed by atoms with Crippen LogP contribution in [-0.2, 0) is 11.0 Å². The molecule has 32 heavy (non-hydrogen) atoms. The van der Waals surface area contributed by atoms with Crippen molar-refractivity contribution in [1.82, 2.24) is 15.3 Å². The molecular weight excluding hydrogens is 434 g/mol. The van der Waals surface area contributed by atoms with E-state index in [2.05, 4.69) is 15.3 Å². The summed E-state index contributed by atoms with van der Waals surface area (Å²) in [6.45, 7) is -0.595. The lowest BCUT2D eigenvalue weighted by Gasteiger charge is -2.20. The Kier molecular flexibility index (Phi) is 6.67. The number of halogens is 4. The second-order valence-corrected chi connectivity index (χ2v) is 6.46. The zero-order valence-electron chi connectivity index (χ0n) is 16.1. The highest BCUT2D eigenvalue weighted by Gasteiger charge is 2.31. The Morgan fingerprint density at radius 2 is 1.78 bits per heavy atom. The van der Waals surface area contributed by atoms with Gasteiger partial charge in [-0.3, -0.25) is 9.78 Å². The SMILES string of the molecule is O=C(O)COc1ccc(C(=O)N[C@@H](c2ccc(C(F)(F)F)cc2)c2ncccc2F)nc1. The quantitative estimate of drug-likeness (QED) is 0.535. The number of ether oxygens (including phenoxy) is 1. The summed E-state index contributed by atoms with van der Waals surface area (Å²) in [5.41, 5.74) is -1.03. The van der Waals surface area contributed by atoms with E-state index >= 15 is 0 Å². The van der Waals surface area contributed by atoms with Gasteiger partial charge in [-0.05, 0) is 42.0 Å². The van der Waals surface area contributed by atoms with Crippen LogP contribution < -0.4 is 10.1 Å². The van der Waals surface area contributed by atoms with Gasteiger partial charge in [-0.2, -0.15) is 13.2 Å². The minimum atomic E-state index is -4.55. The van der Waals surface area contributed by atoms with Crippen LogP contribution in [0.2, 0.25) is 0 Å². The van der Waals surface area contributed by atoms with Crippen LogP contribution in [0.25, 0.3) is 0 Å². The molecule has 1 atom stereocenters. The fourth-order valence-corrected chi connectivity index (χ4v) is 2.73. The predicted octanol–water partition coefficient (Wildman–Crippen LogP) is 3.62. The van der Waals surface area contributed by atoms with Crippen LogP contribution in [0, 0.1) is 5.82 Å². The van der Waals surface area contributed by atoms with Gasteiger partial charge in [0, 0.05) is 6.20 Å². The molecule has 2 N–H and O–H groups in total. The third kappa shape index (κ3) is 5.56. The number of carboxylic acids is 1.